The average molecular weight is 326 g/mol. The summed E-state index contributed by atoms with van der Waals surface area (Å²) in [6, 6.07) is 9.27. The highest BCUT2D eigenvalue weighted by Gasteiger charge is 2.14. The van der Waals surface area contributed by atoms with E-state index < -0.39 is 0 Å². The number of nitrogens with one attached hydrogen (secondary N) is 2. The van der Waals surface area contributed by atoms with Gasteiger partial charge < -0.3 is 10.6 Å². The molecule has 1 aliphatic heterocycles. The van der Waals surface area contributed by atoms with Crippen LogP contribution in [0.15, 0.2) is 41.4 Å². The molecule has 4 heteroatoms. The summed E-state index contributed by atoms with van der Waals surface area (Å²) in [5.41, 5.74) is 2.81. The zero-order valence-corrected chi connectivity index (χ0v) is 14.8. The third-order valence-electron chi connectivity index (χ3n) is 4.98. The normalized spacial score (nSPS) is 19.6. The number of guanidine groups is 1. The predicted octanol–water partition coefficient (Wildman–Crippen LogP) is 3.06. The largest absolute Gasteiger partial charge is 0.353 e. The van der Waals surface area contributed by atoms with Crippen LogP contribution in [0.4, 0.5) is 0 Å². The van der Waals surface area contributed by atoms with E-state index in [0.29, 0.717) is 6.04 Å². The van der Waals surface area contributed by atoms with Crippen molar-refractivity contribution in [2.45, 2.75) is 51.2 Å². The first-order valence-corrected chi connectivity index (χ1v) is 9.26. The summed E-state index contributed by atoms with van der Waals surface area (Å²) in [7, 11) is 1.84. The summed E-state index contributed by atoms with van der Waals surface area (Å²) in [5.74, 6) is 0.900. The summed E-state index contributed by atoms with van der Waals surface area (Å²) >= 11 is 0. The lowest BCUT2D eigenvalue weighted by Gasteiger charge is -2.27. The molecule has 24 heavy (non-hydrogen) atoms. The molecule has 4 nitrogen and oxygen atoms in total. The number of piperidine rings is 1. The molecule has 1 aromatic rings. The van der Waals surface area contributed by atoms with Crippen molar-refractivity contribution in [1.29, 1.82) is 0 Å². The molecule has 0 radical (unpaired) electrons. The molecule has 0 spiro atoms. The number of benzene rings is 1. The highest BCUT2D eigenvalue weighted by Crippen LogP contribution is 2.16. The summed E-state index contributed by atoms with van der Waals surface area (Å²) in [5, 5.41) is 6.99. The number of hydrogen-bond donors (Lipinski definition) is 2. The zero-order chi connectivity index (χ0) is 16.6. The molecule has 1 aliphatic carbocycles. The molecule has 0 amide bonds. The molecule has 0 bridgehead atoms. The third-order valence-corrected chi connectivity index (χ3v) is 4.98. The number of rotatable bonds is 5. The van der Waals surface area contributed by atoms with Gasteiger partial charge in [-0.1, -0.05) is 42.8 Å². The molecule has 1 heterocycles. The minimum Gasteiger partial charge on any atom is -0.353 e. The molecule has 130 valence electrons. The molecule has 1 aromatic carbocycles. The Labute approximate surface area is 146 Å². The Bertz CT molecular complexity index is 565. The lowest BCUT2D eigenvalue weighted by atomic mass is 10.0. The molecule has 0 aromatic heterocycles. The van der Waals surface area contributed by atoms with Crippen molar-refractivity contribution in [2.75, 3.05) is 20.1 Å². The lowest BCUT2D eigenvalue weighted by Crippen LogP contribution is -2.42. The fraction of sp³-hybridized carbons (Fsp3) is 0.550. The topological polar surface area (TPSA) is 39.7 Å². The maximum Gasteiger partial charge on any atom is 0.191 e. The highest BCUT2D eigenvalue weighted by atomic mass is 15.2. The van der Waals surface area contributed by atoms with E-state index in [2.05, 4.69) is 56.9 Å². The quantitative estimate of drug-likeness (QED) is 0.496. The van der Waals surface area contributed by atoms with Crippen LogP contribution in [0.5, 0.6) is 0 Å². The molecular weight excluding hydrogens is 296 g/mol. The fourth-order valence-corrected chi connectivity index (χ4v) is 3.54. The lowest BCUT2D eigenvalue weighted by molar-refractivity contribution is 0.220. The summed E-state index contributed by atoms with van der Waals surface area (Å²) < 4.78 is 0. The second-order valence-electron chi connectivity index (χ2n) is 6.82. The van der Waals surface area contributed by atoms with Gasteiger partial charge in [0.05, 0.1) is 0 Å². The van der Waals surface area contributed by atoms with Gasteiger partial charge in [0.1, 0.15) is 0 Å². The van der Waals surface area contributed by atoms with Crippen molar-refractivity contribution in [2.24, 2.45) is 4.99 Å². The third kappa shape index (κ3) is 4.84. The Kier molecular flexibility index (Phi) is 6.30. The molecular formula is C20H30N4. The number of hydrogen-bond acceptors (Lipinski definition) is 2. The van der Waals surface area contributed by atoms with E-state index in [1.165, 1.54) is 43.5 Å². The summed E-state index contributed by atoms with van der Waals surface area (Å²) in [6.45, 7) is 4.36. The monoisotopic (exact) mass is 326 g/mol. The SMILES string of the molecule is CN=C(NCc1ccccc1CN1CCCCC1)NC1CC=CC1. The maximum absolute atomic E-state index is 4.37. The Morgan fingerprint density at radius 3 is 2.50 bits per heavy atom. The van der Waals surface area contributed by atoms with E-state index in [1.807, 2.05) is 7.05 Å². The maximum atomic E-state index is 4.37. The molecule has 0 saturated carbocycles. The Morgan fingerprint density at radius 2 is 1.79 bits per heavy atom. The van der Waals surface area contributed by atoms with Gasteiger partial charge in [0, 0.05) is 26.2 Å². The Morgan fingerprint density at radius 1 is 1.08 bits per heavy atom. The number of aliphatic imine (C=N–C) groups is 1. The predicted molar refractivity (Wildman–Crippen MR) is 101 cm³/mol. The van der Waals surface area contributed by atoms with Gasteiger partial charge in [-0.3, -0.25) is 9.89 Å². The van der Waals surface area contributed by atoms with Crippen LogP contribution in [-0.4, -0.2) is 37.0 Å². The minimum absolute atomic E-state index is 0.486. The van der Waals surface area contributed by atoms with E-state index in [4.69, 9.17) is 0 Å². The van der Waals surface area contributed by atoms with E-state index in [-0.39, 0.29) is 0 Å². The van der Waals surface area contributed by atoms with Crippen molar-refractivity contribution in [3.8, 4) is 0 Å². The molecule has 2 aliphatic rings. The van der Waals surface area contributed by atoms with Crippen LogP contribution in [-0.2, 0) is 13.1 Å². The number of nitrogens with zero attached hydrogens (tertiary/aromatic N) is 2. The number of likely N-dealkylation sites (tertiary alicyclic amines) is 1. The van der Waals surface area contributed by atoms with Crippen LogP contribution in [0.3, 0.4) is 0 Å². The van der Waals surface area contributed by atoms with Crippen molar-refractivity contribution < 1.29 is 0 Å². The van der Waals surface area contributed by atoms with Gasteiger partial charge in [0.2, 0.25) is 0 Å². The first kappa shape index (κ1) is 17.0. The van der Waals surface area contributed by atoms with E-state index in [1.54, 1.807) is 0 Å². The van der Waals surface area contributed by atoms with Crippen LogP contribution in [0, 0.1) is 0 Å². The molecule has 3 rings (SSSR count). The molecule has 0 atom stereocenters. The first-order chi connectivity index (χ1) is 11.8. The molecule has 0 unspecified atom stereocenters. The first-order valence-electron chi connectivity index (χ1n) is 9.26. The fourth-order valence-electron chi connectivity index (χ4n) is 3.54. The van der Waals surface area contributed by atoms with Gasteiger partial charge in [-0.05, 0) is 49.9 Å². The van der Waals surface area contributed by atoms with Crippen molar-refractivity contribution in [1.82, 2.24) is 15.5 Å². The van der Waals surface area contributed by atoms with Crippen molar-refractivity contribution in [3.05, 3.63) is 47.5 Å². The van der Waals surface area contributed by atoms with Gasteiger partial charge >= 0.3 is 0 Å². The molecule has 1 saturated heterocycles. The summed E-state index contributed by atoms with van der Waals surface area (Å²) in [4.78, 5) is 6.95. The van der Waals surface area contributed by atoms with Crippen molar-refractivity contribution >= 4 is 5.96 Å². The van der Waals surface area contributed by atoms with Gasteiger partial charge in [-0.25, -0.2) is 0 Å². The Balaban J connectivity index is 1.55. The standard InChI is InChI=1S/C20H30N4/c1-21-20(23-19-11-5-6-12-19)22-15-17-9-3-4-10-18(17)16-24-13-7-2-8-14-24/h3-6,9-10,19H,2,7-8,11-16H2,1H3,(H2,21,22,23). The van der Waals surface area contributed by atoms with Crippen LogP contribution < -0.4 is 10.6 Å². The van der Waals surface area contributed by atoms with E-state index in [9.17, 15) is 0 Å². The minimum atomic E-state index is 0.486. The van der Waals surface area contributed by atoms with Crippen LogP contribution in [0.2, 0.25) is 0 Å². The second-order valence-corrected chi connectivity index (χ2v) is 6.82. The van der Waals surface area contributed by atoms with Crippen LogP contribution in [0.1, 0.15) is 43.2 Å². The van der Waals surface area contributed by atoms with E-state index in [0.717, 1.165) is 31.9 Å². The molecule has 1 fully saturated rings. The second kappa shape index (κ2) is 8.88. The van der Waals surface area contributed by atoms with Crippen molar-refractivity contribution in [3.63, 3.8) is 0 Å². The van der Waals surface area contributed by atoms with Gasteiger partial charge in [0.25, 0.3) is 0 Å². The van der Waals surface area contributed by atoms with Gasteiger partial charge in [-0.2, -0.15) is 0 Å². The van der Waals surface area contributed by atoms with Gasteiger partial charge in [0.15, 0.2) is 5.96 Å². The summed E-state index contributed by atoms with van der Waals surface area (Å²) in [6.07, 6.45) is 10.7. The smallest absolute Gasteiger partial charge is 0.191 e. The highest BCUT2D eigenvalue weighted by molar-refractivity contribution is 5.80. The molecule has 2 N–H and O–H groups in total. The van der Waals surface area contributed by atoms with Crippen LogP contribution >= 0.6 is 0 Å². The zero-order valence-electron chi connectivity index (χ0n) is 14.8. The van der Waals surface area contributed by atoms with E-state index >= 15 is 0 Å². The van der Waals surface area contributed by atoms with Gasteiger partial charge in [-0.15, -0.1) is 0 Å². The van der Waals surface area contributed by atoms with Crippen LogP contribution in [0.25, 0.3) is 0 Å². The Hall–Kier alpha value is -1.81. The average Bonchev–Trinajstić information content (AvgIpc) is 3.14.